The Hall–Kier alpha value is -2.25. The van der Waals surface area contributed by atoms with Crippen LogP contribution in [0.4, 0.5) is 5.13 Å². The Labute approximate surface area is 164 Å². The zero-order chi connectivity index (χ0) is 19.6. The van der Waals surface area contributed by atoms with Gasteiger partial charge in [0.1, 0.15) is 0 Å². The number of anilines is 1. The number of carbonyl (C=O) groups is 1. The first-order valence-electron chi connectivity index (χ1n) is 9.34. The molecule has 6 nitrogen and oxygen atoms in total. The number of nitrogens with zero attached hydrogens (tertiary/aromatic N) is 5. The summed E-state index contributed by atoms with van der Waals surface area (Å²) in [5.74, 6) is -0.0870. The maximum atomic E-state index is 13.3. The third-order valence-corrected chi connectivity index (χ3v) is 5.80. The van der Waals surface area contributed by atoms with Crippen LogP contribution in [0.25, 0.3) is 10.2 Å². The van der Waals surface area contributed by atoms with Crippen LogP contribution in [0, 0.1) is 13.8 Å². The molecule has 3 aromatic rings. The SMILES string of the molecule is CCN(CC)CCN(C(=O)c1nn(C)cc1C)c1nc2ccc(C)cc2s1. The number of rotatable bonds is 7. The highest BCUT2D eigenvalue weighted by molar-refractivity contribution is 7.22. The van der Waals surface area contributed by atoms with E-state index < -0.39 is 0 Å². The molecule has 0 saturated heterocycles. The van der Waals surface area contributed by atoms with Crippen LogP contribution in [-0.2, 0) is 7.05 Å². The first-order valence-corrected chi connectivity index (χ1v) is 10.2. The molecule has 2 heterocycles. The van der Waals surface area contributed by atoms with Gasteiger partial charge in [0.15, 0.2) is 10.8 Å². The number of amides is 1. The largest absolute Gasteiger partial charge is 0.302 e. The Bertz CT molecular complexity index is 941. The highest BCUT2D eigenvalue weighted by atomic mass is 32.1. The maximum Gasteiger partial charge on any atom is 0.280 e. The van der Waals surface area contributed by atoms with Crippen molar-refractivity contribution in [3.63, 3.8) is 0 Å². The fraction of sp³-hybridized carbons (Fsp3) is 0.450. The average molecular weight is 386 g/mol. The minimum absolute atomic E-state index is 0.0870. The van der Waals surface area contributed by atoms with Gasteiger partial charge in [-0.1, -0.05) is 31.3 Å². The minimum atomic E-state index is -0.0870. The molecule has 0 aliphatic rings. The Morgan fingerprint density at radius 2 is 1.93 bits per heavy atom. The second kappa shape index (κ2) is 8.19. The van der Waals surface area contributed by atoms with Crippen molar-refractivity contribution in [2.24, 2.45) is 7.05 Å². The van der Waals surface area contributed by atoms with Crippen LogP contribution in [0.5, 0.6) is 0 Å². The van der Waals surface area contributed by atoms with Gasteiger partial charge in [-0.05, 0) is 44.6 Å². The molecule has 27 heavy (non-hydrogen) atoms. The van der Waals surface area contributed by atoms with Crippen LogP contribution in [0.2, 0.25) is 0 Å². The molecular formula is C20H27N5OS. The van der Waals surface area contributed by atoms with Gasteiger partial charge in [0.2, 0.25) is 0 Å². The summed E-state index contributed by atoms with van der Waals surface area (Å²) in [6.07, 6.45) is 1.87. The van der Waals surface area contributed by atoms with Crippen molar-refractivity contribution < 1.29 is 4.79 Å². The van der Waals surface area contributed by atoms with E-state index in [0.29, 0.717) is 12.2 Å². The van der Waals surface area contributed by atoms with Gasteiger partial charge in [-0.15, -0.1) is 0 Å². The van der Waals surface area contributed by atoms with E-state index in [1.807, 2.05) is 26.2 Å². The molecule has 0 N–H and O–H groups in total. The molecule has 0 saturated carbocycles. The second-order valence-electron chi connectivity index (χ2n) is 6.79. The number of hydrogen-bond donors (Lipinski definition) is 0. The minimum Gasteiger partial charge on any atom is -0.302 e. The predicted molar refractivity (Wildman–Crippen MR) is 112 cm³/mol. The summed E-state index contributed by atoms with van der Waals surface area (Å²) in [5, 5.41) is 5.11. The van der Waals surface area contributed by atoms with Crippen LogP contribution >= 0.6 is 11.3 Å². The Morgan fingerprint density at radius 1 is 1.19 bits per heavy atom. The number of likely N-dealkylation sites (N-methyl/N-ethyl adjacent to an activating group) is 1. The molecule has 0 radical (unpaired) electrons. The lowest BCUT2D eigenvalue weighted by Crippen LogP contribution is -2.39. The van der Waals surface area contributed by atoms with Gasteiger partial charge in [0, 0.05) is 31.9 Å². The van der Waals surface area contributed by atoms with Crippen LogP contribution in [0.3, 0.4) is 0 Å². The molecule has 1 amide bonds. The number of fused-ring (bicyclic) bond motifs is 1. The van der Waals surface area contributed by atoms with Gasteiger partial charge >= 0.3 is 0 Å². The van der Waals surface area contributed by atoms with Crippen molar-refractivity contribution in [1.82, 2.24) is 19.7 Å². The average Bonchev–Trinajstić information content (AvgIpc) is 3.20. The number of benzene rings is 1. The van der Waals surface area contributed by atoms with Gasteiger partial charge in [-0.2, -0.15) is 5.10 Å². The lowest BCUT2D eigenvalue weighted by Gasteiger charge is -2.24. The van der Waals surface area contributed by atoms with Crippen molar-refractivity contribution in [3.05, 3.63) is 41.2 Å². The molecule has 0 atom stereocenters. The summed E-state index contributed by atoms with van der Waals surface area (Å²) in [5.41, 5.74) is 3.50. The van der Waals surface area contributed by atoms with E-state index in [9.17, 15) is 4.79 Å². The zero-order valence-electron chi connectivity index (χ0n) is 16.7. The highest BCUT2D eigenvalue weighted by Crippen LogP contribution is 2.30. The van der Waals surface area contributed by atoms with Crippen LogP contribution in [0.1, 0.15) is 35.5 Å². The molecule has 0 aliphatic carbocycles. The molecule has 7 heteroatoms. The van der Waals surface area contributed by atoms with Crippen molar-refractivity contribution in [1.29, 1.82) is 0 Å². The Morgan fingerprint density at radius 3 is 2.56 bits per heavy atom. The van der Waals surface area contributed by atoms with Gasteiger partial charge < -0.3 is 4.90 Å². The normalized spacial score (nSPS) is 11.5. The van der Waals surface area contributed by atoms with Gasteiger partial charge in [-0.3, -0.25) is 14.4 Å². The first kappa shape index (κ1) is 19.5. The van der Waals surface area contributed by atoms with E-state index in [-0.39, 0.29) is 5.91 Å². The molecule has 2 aromatic heterocycles. The molecule has 0 bridgehead atoms. The monoisotopic (exact) mass is 385 g/mol. The third-order valence-electron chi connectivity index (χ3n) is 4.76. The quantitative estimate of drug-likeness (QED) is 0.623. The Balaban J connectivity index is 1.97. The summed E-state index contributed by atoms with van der Waals surface area (Å²) in [7, 11) is 1.84. The number of thiazole rings is 1. The zero-order valence-corrected chi connectivity index (χ0v) is 17.5. The fourth-order valence-corrected chi connectivity index (χ4v) is 4.23. The van der Waals surface area contributed by atoms with Crippen molar-refractivity contribution >= 4 is 32.6 Å². The highest BCUT2D eigenvalue weighted by Gasteiger charge is 2.25. The van der Waals surface area contributed by atoms with Crippen molar-refractivity contribution in [2.45, 2.75) is 27.7 Å². The van der Waals surface area contributed by atoms with E-state index in [2.05, 4.69) is 42.9 Å². The molecule has 144 valence electrons. The number of hydrogen-bond acceptors (Lipinski definition) is 5. The third kappa shape index (κ3) is 4.20. The van der Waals surface area contributed by atoms with Crippen molar-refractivity contribution in [2.75, 3.05) is 31.1 Å². The van der Waals surface area contributed by atoms with Gasteiger partial charge in [0.25, 0.3) is 5.91 Å². The second-order valence-corrected chi connectivity index (χ2v) is 7.79. The van der Waals surface area contributed by atoms with E-state index in [1.54, 1.807) is 20.9 Å². The van der Waals surface area contributed by atoms with Gasteiger partial charge in [-0.25, -0.2) is 4.98 Å². The van der Waals surface area contributed by atoms with E-state index in [0.717, 1.165) is 40.5 Å². The Kier molecular flexibility index (Phi) is 5.92. The summed E-state index contributed by atoms with van der Waals surface area (Å²) < 4.78 is 2.79. The molecule has 3 rings (SSSR count). The summed E-state index contributed by atoms with van der Waals surface area (Å²) >= 11 is 1.56. The molecule has 0 spiro atoms. The van der Waals surface area contributed by atoms with Crippen LogP contribution in [-0.4, -0.2) is 51.8 Å². The summed E-state index contributed by atoms with van der Waals surface area (Å²) in [6, 6.07) is 6.19. The number of carbonyl (C=O) groups excluding carboxylic acids is 1. The number of aromatic nitrogens is 3. The smallest absolute Gasteiger partial charge is 0.280 e. The molecule has 0 aliphatic heterocycles. The molecule has 0 fully saturated rings. The fourth-order valence-electron chi connectivity index (χ4n) is 3.15. The van der Waals surface area contributed by atoms with Crippen LogP contribution in [0.15, 0.2) is 24.4 Å². The maximum absolute atomic E-state index is 13.3. The molecule has 1 aromatic carbocycles. The van der Waals surface area contributed by atoms with E-state index >= 15 is 0 Å². The summed E-state index contributed by atoms with van der Waals surface area (Å²) in [6.45, 7) is 11.6. The van der Waals surface area contributed by atoms with Crippen molar-refractivity contribution in [3.8, 4) is 0 Å². The van der Waals surface area contributed by atoms with E-state index in [4.69, 9.17) is 4.98 Å². The lowest BCUT2D eigenvalue weighted by molar-refractivity contribution is 0.0977. The standard InChI is InChI=1S/C20H27N5OS/c1-6-24(7-2)10-11-25(19(26)18-15(4)13-23(5)22-18)20-21-16-9-8-14(3)12-17(16)27-20/h8-9,12-13H,6-7,10-11H2,1-5H3. The van der Waals surface area contributed by atoms with E-state index in [1.165, 1.54) is 5.56 Å². The lowest BCUT2D eigenvalue weighted by atomic mass is 10.2. The summed E-state index contributed by atoms with van der Waals surface area (Å²) in [4.78, 5) is 22.1. The first-order chi connectivity index (χ1) is 12.9. The number of aryl methyl sites for hydroxylation is 3. The molecular weight excluding hydrogens is 358 g/mol. The van der Waals surface area contributed by atoms with Gasteiger partial charge in [0.05, 0.1) is 10.2 Å². The molecule has 0 unspecified atom stereocenters. The van der Waals surface area contributed by atoms with Crippen LogP contribution < -0.4 is 4.90 Å². The predicted octanol–water partition coefficient (Wildman–Crippen LogP) is 3.64. The topological polar surface area (TPSA) is 54.3 Å².